The van der Waals surface area contributed by atoms with Gasteiger partial charge >= 0.3 is 0 Å². The highest BCUT2D eigenvalue weighted by Gasteiger charge is 2.14. The van der Waals surface area contributed by atoms with Crippen molar-refractivity contribution in [2.45, 2.75) is 32.1 Å². The minimum atomic E-state index is 0.505. The minimum Gasteiger partial charge on any atom is -0.366 e. The first kappa shape index (κ1) is 10.2. The van der Waals surface area contributed by atoms with Crippen molar-refractivity contribution < 1.29 is 0 Å². The summed E-state index contributed by atoms with van der Waals surface area (Å²) in [6, 6.07) is 0. The van der Waals surface area contributed by atoms with Crippen LogP contribution in [0.25, 0.3) is 0 Å². The van der Waals surface area contributed by atoms with Gasteiger partial charge in [0.05, 0.1) is 11.7 Å². The molecule has 0 spiro atoms. The van der Waals surface area contributed by atoms with Crippen LogP contribution >= 0.6 is 23.3 Å². The highest BCUT2D eigenvalue weighted by molar-refractivity contribution is 6.99. The maximum absolute atomic E-state index is 5.83. The Balaban J connectivity index is 1.79. The number of aromatic nitrogens is 2. The van der Waals surface area contributed by atoms with Gasteiger partial charge in [-0.25, -0.2) is 0 Å². The zero-order valence-corrected chi connectivity index (χ0v) is 9.57. The lowest BCUT2D eigenvalue weighted by molar-refractivity contribution is 0.373. The zero-order valence-electron chi connectivity index (χ0n) is 8.00. The molecule has 1 aliphatic rings. The van der Waals surface area contributed by atoms with Gasteiger partial charge < -0.3 is 5.32 Å². The van der Waals surface area contributed by atoms with Crippen LogP contribution in [-0.4, -0.2) is 15.3 Å². The Morgan fingerprint density at radius 3 is 2.71 bits per heavy atom. The number of halogens is 1. The second kappa shape index (κ2) is 4.94. The van der Waals surface area contributed by atoms with Crippen LogP contribution in [-0.2, 0) is 0 Å². The molecule has 0 aromatic carbocycles. The Bertz CT molecular complexity index is 283. The average molecular weight is 232 g/mol. The molecule has 1 aromatic rings. The molecule has 1 fully saturated rings. The molecule has 0 atom stereocenters. The first-order chi connectivity index (χ1) is 6.86. The molecule has 0 aliphatic heterocycles. The number of hydrogen-bond acceptors (Lipinski definition) is 4. The monoisotopic (exact) mass is 231 g/mol. The van der Waals surface area contributed by atoms with Gasteiger partial charge in [0, 0.05) is 6.54 Å². The highest BCUT2D eigenvalue weighted by Crippen LogP contribution is 2.25. The Labute approximate surface area is 93.2 Å². The van der Waals surface area contributed by atoms with E-state index >= 15 is 0 Å². The van der Waals surface area contributed by atoms with Crippen molar-refractivity contribution in [2.24, 2.45) is 5.92 Å². The zero-order chi connectivity index (χ0) is 9.80. The van der Waals surface area contributed by atoms with Gasteiger partial charge in [-0.2, -0.15) is 8.75 Å². The van der Waals surface area contributed by atoms with Crippen LogP contribution in [0.1, 0.15) is 32.1 Å². The summed E-state index contributed by atoms with van der Waals surface area (Å²) >= 11 is 6.99. The molecule has 1 saturated carbocycles. The van der Waals surface area contributed by atoms with Crippen LogP contribution in [0.5, 0.6) is 0 Å². The molecule has 0 amide bonds. The Kier molecular flexibility index (Phi) is 3.59. The topological polar surface area (TPSA) is 37.8 Å². The summed E-state index contributed by atoms with van der Waals surface area (Å²) in [6.45, 7) is 0.991. The van der Waals surface area contributed by atoms with E-state index in [9.17, 15) is 0 Å². The van der Waals surface area contributed by atoms with Crippen LogP contribution in [0.15, 0.2) is 0 Å². The van der Waals surface area contributed by atoms with E-state index < -0.39 is 0 Å². The van der Waals surface area contributed by atoms with Crippen LogP contribution in [0, 0.1) is 5.92 Å². The standard InChI is InChI=1S/C9H14ClN3S/c10-8-9(13-14-12-8)11-6-7-4-2-1-3-5-7/h7H,1-6H2,(H,11,13). The second-order valence-corrected chi connectivity index (χ2v) is 4.68. The molecule has 0 unspecified atom stereocenters. The maximum Gasteiger partial charge on any atom is 0.186 e. The summed E-state index contributed by atoms with van der Waals surface area (Å²) in [5, 5.41) is 3.77. The third-order valence-electron chi connectivity index (χ3n) is 2.73. The summed E-state index contributed by atoms with van der Waals surface area (Å²) < 4.78 is 8.00. The average Bonchev–Trinajstić information content (AvgIpc) is 2.63. The minimum absolute atomic E-state index is 0.505. The number of rotatable bonds is 3. The molecule has 1 heterocycles. The van der Waals surface area contributed by atoms with Gasteiger partial charge in [0.2, 0.25) is 0 Å². The largest absolute Gasteiger partial charge is 0.366 e. The van der Waals surface area contributed by atoms with Crippen molar-refractivity contribution in [2.75, 3.05) is 11.9 Å². The van der Waals surface area contributed by atoms with E-state index in [0.29, 0.717) is 5.15 Å². The lowest BCUT2D eigenvalue weighted by atomic mass is 9.89. The van der Waals surface area contributed by atoms with Crippen molar-refractivity contribution in [1.29, 1.82) is 0 Å². The van der Waals surface area contributed by atoms with Crippen LogP contribution < -0.4 is 5.32 Å². The van der Waals surface area contributed by atoms with E-state index in [1.54, 1.807) is 0 Å². The van der Waals surface area contributed by atoms with E-state index in [0.717, 1.165) is 30.0 Å². The summed E-state index contributed by atoms with van der Waals surface area (Å²) in [6.07, 6.45) is 6.81. The molecule has 14 heavy (non-hydrogen) atoms. The summed E-state index contributed by atoms with van der Waals surface area (Å²) in [5.74, 6) is 1.55. The van der Waals surface area contributed by atoms with Gasteiger partial charge in [-0.3, -0.25) is 0 Å². The fraction of sp³-hybridized carbons (Fsp3) is 0.778. The molecule has 78 valence electrons. The third-order valence-corrected chi connectivity index (χ3v) is 3.62. The molecule has 0 bridgehead atoms. The molecular weight excluding hydrogens is 218 g/mol. The van der Waals surface area contributed by atoms with Gasteiger partial charge in [0.1, 0.15) is 0 Å². The predicted octanol–water partition coefficient (Wildman–Crippen LogP) is 3.18. The highest BCUT2D eigenvalue weighted by atomic mass is 35.5. The van der Waals surface area contributed by atoms with Gasteiger partial charge in [0.25, 0.3) is 0 Å². The van der Waals surface area contributed by atoms with Gasteiger partial charge in [0.15, 0.2) is 11.0 Å². The summed E-state index contributed by atoms with van der Waals surface area (Å²) in [7, 11) is 0. The molecule has 2 rings (SSSR count). The molecular formula is C9H14ClN3S. The Hall–Kier alpha value is -0.350. The third kappa shape index (κ3) is 2.58. The van der Waals surface area contributed by atoms with Crippen molar-refractivity contribution >= 4 is 29.1 Å². The lowest BCUT2D eigenvalue weighted by Gasteiger charge is -2.21. The fourth-order valence-corrected chi connectivity index (χ4v) is 2.60. The first-order valence-corrected chi connectivity index (χ1v) is 6.19. The Morgan fingerprint density at radius 2 is 2.07 bits per heavy atom. The van der Waals surface area contributed by atoms with Crippen LogP contribution in [0.3, 0.4) is 0 Å². The Morgan fingerprint density at radius 1 is 1.29 bits per heavy atom. The van der Waals surface area contributed by atoms with Gasteiger partial charge in [-0.1, -0.05) is 30.9 Å². The maximum atomic E-state index is 5.83. The molecule has 0 radical (unpaired) electrons. The predicted molar refractivity (Wildman–Crippen MR) is 60.0 cm³/mol. The molecule has 1 N–H and O–H groups in total. The van der Waals surface area contributed by atoms with Crippen LogP contribution in [0.2, 0.25) is 5.15 Å². The SMILES string of the molecule is Clc1nsnc1NCC1CCCCC1. The summed E-state index contributed by atoms with van der Waals surface area (Å²) in [5.41, 5.74) is 0. The molecule has 1 aromatic heterocycles. The van der Waals surface area contributed by atoms with E-state index in [2.05, 4.69) is 14.1 Å². The van der Waals surface area contributed by atoms with Gasteiger partial charge in [-0.15, -0.1) is 0 Å². The van der Waals surface area contributed by atoms with Crippen molar-refractivity contribution in [3.63, 3.8) is 0 Å². The second-order valence-electron chi connectivity index (χ2n) is 3.79. The first-order valence-electron chi connectivity index (χ1n) is 5.08. The number of hydrogen-bond donors (Lipinski definition) is 1. The van der Waals surface area contributed by atoms with Crippen molar-refractivity contribution in [1.82, 2.24) is 8.75 Å². The van der Waals surface area contributed by atoms with E-state index in [-0.39, 0.29) is 0 Å². The molecule has 1 aliphatic carbocycles. The van der Waals surface area contributed by atoms with E-state index in [4.69, 9.17) is 11.6 Å². The molecule has 5 heteroatoms. The molecule has 3 nitrogen and oxygen atoms in total. The number of anilines is 1. The van der Waals surface area contributed by atoms with Gasteiger partial charge in [-0.05, 0) is 18.8 Å². The quantitative estimate of drug-likeness (QED) is 0.868. The molecule has 0 saturated heterocycles. The fourth-order valence-electron chi connectivity index (χ4n) is 1.92. The van der Waals surface area contributed by atoms with Crippen LogP contribution in [0.4, 0.5) is 5.82 Å². The van der Waals surface area contributed by atoms with E-state index in [1.165, 1.54) is 32.1 Å². The number of nitrogens with one attached hydrogen (secondary N) is 1. The van der Waals surface area contributed by atoms with E-state index in [1.807, 2.05) is 0 Å². The lowest BCUT2D eigenvalue weighted by Crippen LogP contribution is -2.17. The van der Waals surface area contributed by atoms with Crippen molar-refractivity contribution in [3.8, 4) is 0 Å². The van der Waals surface area contributed by atoms with Crippen molar-refractivity contribution in [3.05, 3.63) is 5.15 Å². The summed E-state index contributed by atoms with van der Waals surface area (Å²) in [4.78, 5) is 0. The number of nitrogens with zero attached hydrogens (tertiary/aromatic N) is 2. The smallest absolute Gasteiger partial charge is 0.186 e. The normalized spacial score (nSPS) is 18.4.